The van der Waals surface area contributed by atoms with Crippen LogP contribution >= 0.6 is 12.4 Å². The molecule has 0 aliphatic carbocycles. The van der Waals surface area contributed by atoms with Crippen LogP contribution < -0.4 is 11.7 Å². The Labute approximate surface area is 41.8 Å². The fourth-order valence-electron chi connectivity index (χ4n) is 0. The van der Waals surface area contributed by atoms with Gasteiger partial charge in [0.25, 0.3) is 0 Å². The molecular formula is H5ClFeN2. The Kier molecular flexibility index (Phi) is 287. The molecule has 0 aliphatic rings. The minimum atomic E-state index is 0. The van der Waals surface area contributed by atoms with Crippen LogP contribution in [0.25, 0.3) is 0 Å². The topological polar surface area (TPSA) is 52.0 Å². The molecular weight excluding hydrogens is 119 g/mol. The van der Waals surface area contributed by atoms with Crippen LogP contribution in [0.1, 0.15) is 0 Å². The maximum Gasteiger partial charge on any atom is 0 e. The minimum absolute atomic E-state index is 0. The zero-order valence-corrected chi connectivity index (χ0v) is 3.84. The second-order valence-corrected chi connectivity index (χ2v) is 0. The Balaban J connectivity index is -0.00000000500. The van der Waals surface area contributed by atoms with Gasteiger partial charge >= 0.3 is 0 Å². The van der Waals surface area contributed by atoms with Gasteiger partial charge in [0.1, 0.15) is 0 Å². The van der Waals surface area contributed by atoms with Crippen molar-refractivity contribution in [3.8, 4) is 0 Å². The zero-order chi connectivity index (χ0) is 2.00. The quantitative estimate of drug-likeness (QED) is 0.253. The normalized spacial score (nSPS) is 1.50. The van der Waals surface area contributed by atoms with Crippen LogP contribution in [0.15, 0.2) is 0 Å². The summed E-state index contributed by atoms with van der Waals surface area (Å²) in [5.41, 5.74) is 0. The van der Waals surface area contributed by atoms with Gasteiger partial charge < -0.3 is 0 Å². The summed E-state index contributed by atoms with van der Waals surface area (Å²) in [6, 6.07) is 0. The maximum absolute atomic E-state index is 4.00. The van der Waals surface area contributed by atoms with Gasteiger partial charge in [-0.05, 0) is 0 Å². The van der Waals surface area contributed by atoms with Crippen LogP contribution in [0.2, 0.25) is 0 Å². The van der Waals surface area contributed by atoms with E-state index in [9.17, 15) is 0 Å². The van der Waals surface area contributed by atoms with Gasteiger partial charge in [0.15, 0.2) is 0 Å². The summed E-state index contributed by atoms with van der Waals surface area (Å²) in [5.74, 6) is 8.00. The van der Waals surface area contributed by atoms with Crippen LogP contribution in [0, 0.1) is 0 Å². The first-order chi connectivity index (χ1) is 1.00. The molecule has 0 radical (unpaired) electrons. The molecule has 0 rings (SSSR count). The first-order valence-electron chi connectivity index (χ1n) is 0.333. The molecule has 0 aromatic heterocycles. The predicted molar refractivity (Wildman–Crippen MR) is 15.6 cm³/mol. The third-order valence-electron chi connectivity index (χ3n) is 0. The van der Waals surface area contributed by atoms with E-state index < -0.39 is 0 Å². The molecule has 4 heteroatoms. The van der Waals surface area contributed by atoms with Gasteiger partial charge in [-0.2, -0.15) is 0 Å². The molecule has 4 heavy (non-hydrogen) atoms. The minimum Gasteiger partial charge on any atom is -0.274 e. The molecule has 2 nitrogen and oxygen atoms in total. The summed E-state index contributed by atoms with van der Waals surface area (Å²) in [6.45, 7) is 0. The monoisotopic (exact) mass is 124 g/mol. The van der Waals surface area contributed by atoms with E-state index in [0.717, 1.165) is 0 Å². The maximum atomic E-state index is 4.00. The summed E-state index contributed by atoms with van der Waals surface area (Å²) < 4.78 is 0. The van der Waals surface area contributed by atoms with E-state index in [-0.39, 0.29) is 29.5 Å². The standard InChI is InChI=1S/ClH.Fe.H4N2/c;;1-2/h1H;;1-2H2. The van der Waals surface area contributed by atoms with Crippen LogP contribution in [-0.2, 0) is 17.1 Å². The van der Waals surface area contributed by atoms with E-state index in [4.69, 9.17) is 0 Å². The number of hydrogen-bond acceptors (Lipinski definition) is 2. The number of hydrazine groups is 1. The molecule has 0 atom stereocenters. The molecule has 4 N–H and O–H groups in total. The average Bonchev–Trinajstić information content (AvgIpc) is 1.00. The van der Waals surface area contributed by atoms with Gasteiger partial charge in [0, 0.05) is 17.1 Å². The summed E-state index contributed by atoms with van der Waals surface area (Å²) in [6.07, 6.45) is 0. The number of halogens is 1. The van der Waals surface area contributed by atoms with E-state index >= 15 is 0 Å². The Morgan fingerprint density at radius 3 is 1.00 bits per heavy atom. The fourth-order valence-corrected chi connectivity index (χ4v) is 0. The third-order valence-corrected chi connectivity index (χ3v) is 0. The second kappa shape index (κ2) is 52.2. The van der Waals surface area contributed by atoms with Crippen molar-refractivity contribution in [2.75, 3.05) is 0 Å². The van der Waals surface area contributed by atoms with E-state index in [1.54, 1.807) is 0 Å². The number of nitrogens with two attached hydrogens (primary N) is 2. The van der Waals surface area contributed by atoms with Gasteiger partial charge in [-0.15, -0.1) is 12.4 Å². The molecule has 0 fully saturated rings. The number of rotatable bonds is 0. The Bertz CT molecular complexity index is 6.00. The van der Waals surface area contributed by atoms with Crippen molar-refractivity contribution in [1.29, 1.82) is 0 Å². The van der Waals surface area contributed by atoms with Crippen molar-refractivity contribution in [1.82, 2.24) is 0 Å². The van der Waals surface area contributed by atoms with Crippen molar-refractivity contribution in [3.05, 3.63) is 0 Å². The Hall–Kier alpha value is 0.729. The summed E-state index contributed by atoms with van der Waals surface area (Å²) in [4.78, 5) is 0. The van der Waals surface area contributed by atoms with E-state index in [2.05, 4.69) is 11.7 Å². The van der Waals surface area contributed by atoms with Crippen LogP contribution in [0.5, 0.6) is 0 Å². The molecule has 0 aliphatic heterocycles. The zero-order valence-electron chi connectivity index (χ0n) is 1.92. The van der Waals surface area contributed by atoms with Crippen molar-refractivity contribution in [2.45, 2.75) is 0 Å². The SMILES string of the molecule is Cl.NN.[Fe]. The molecule has 0 aromatic rings. The first kappa shape index (κ1) is 22.0. The predicted octanol–water partition coefficient (Wildman–Crippen LogP) is -0.762. The Morgan fingerprint density at radius 2 is 1.00 bits per heavy atom. The average molecular weight is 124 g/mol. The van der Waals surface area contributed by atoms with Crippen molar-refractivity contribution >= 4 is 12.4 Å². The molecule has 30 valence electrons. The largest absolute Gasteiger partial charge is 0.274 e. The van der Waals surface area contributed by atoms with Crippen LogP contribution in [0.4, 0.5) is 0 Å². The van der Waals surface area contributed by atoms with Crippen molar-refractivity contribution in [2.24, 2.45) is 11.7 Å². The Morgan fingerprint density at radius 1 is 1.00 bits per heavy atom. The number of hydrogen-bond donors (Lipinski definition) is 2. The molecule has 0 saturated carbocycles. The van der Waals surface area contributed by atoms with Gasteiger partial charge in [-0.1, -0.05) is 0 Å². The first-order valence-corrected chi connectivity index (χ1v) is 0.333. The van der Waals surface area contributed by atoms with Crippen molar-refractivity contribution in [3.63, 3.8) is 0 Å². The van der Waals surface area contributed by atoms with Crippen LogP contribution in [-0.4, -0.2) is 0 Å². The molecule has 0 heterocycles. The van der Waals surface area contributed by atoms with Gasteiger partial charge in [-0.25, -0.2) is 0 Å². The molecule has 0 amide bonds. The molecule has 0 unspecified atom stereocenters. The second-order valence-electron chi connectivity index (χ2n) is 0. The fraction of sp³-hybridized carbons (Fsp3) is 0. The molecule has 0 saturated heterocycles. The molecule has 0 spiro atoms. The van der Waals surface area contributed by atoms with E-state index in [1.165, 1.54) is 0 Å². The van der Waals surface area contributed by atoms with Gasteiger partial charge in [-0.3, -0.25) is 11.7 Å². The smallest absolute Gasteiger partial charge is 0 e. The van der Waals surface area contributed by atoms with E-state index in [0.29, 0.717) is 0 Å². The van der Waals surface area contributed by atoms with E-state index in [1.807, 2.05) is 0 Å². The molecule has 0 aromatic carbocycles. The van der Waals surface area contributed by atoms with Crippen LogP contribution in [0.3, 0.4) is 0 Å². The third kappa shape index (κ3) is 15.3. The summed E-state index contributed by atoms with van der Waals surface area (Å²) >= 11 is 0. The van der Waals surface area contributed by atoms with Crippen molar-refractivity contribution < 1.29 is 17.1 Å². The summed E-state index contributed by atoms with van der Waals surface area (Å²) in [5, 5.41) is 0. The van der Waals surface area contributed by atoms with Gasteiger partial charge in [0.05, 0.1) is 0 Å². The van der Waals surface area contributed by atoms with Gasteiger partial charge in [0.2, 0.25) is 0 Å². The summed E-state index contributed by atoms with van der Waals surface area (Å²) in [7, 11) is 0. The molecule has 0 bridgehead atoms.